The maximum Gasteiger partial charge on any atom is 0.139 e. The Morgan fingerprint density at radius 1 is 0.478 bits per heavy atom. The van der Waals surface area contributed by atoms with Crippen molar-refractivity contribution in [2.24, 2.45) is 0 Å². The molecule has 2 heteroatoms. The van der Waals surface area contributed by atoms with E-state index in [2.05, 4.69) is 106 Å². The molecule has 0 N–H and O–H groups in total. The Bertz CT molecular complexity index is 609. The van der Waals surface area contributed by atoms with Crippen LogP contribution in [0.5, 0.6) is 0 Å². The van der Waals surface area contributed by atoms with Gasteiger partial charge < -0.3 is 0 Å². The van der Waals surface area contributed by atoms with Crippen LogP contribution in [0.15, 0.2) is 91.0 Å². The van der Waals surface area contributed by atoms with Crippen LogP contribution < -0.4 is 0 Å². The van der Waals surface area contributed by atoms with Gasteiger partial charge in [0.1, 0.15) is 15.5 Å². The molecule has 0 atom stereocenters. The van der Waals surface area contributed by atoms with E-state index in [-0.39, 0.29) is 0 Å². The first-order valence-corrected chi connectivity index (χ1v) is 12.3. The summed E-state index contributed by atoms with van der Waals surface area (Å²) in [5.41, 5.74) is 4.26. The van der Waals surface area contributed by atoms with Crippen molar-refractivity contribution in [3.8, 4) is 0 Å². The second-order valence-electron chi connectivity index (χ2n) is 5.96. The van der Waals surface area contributed by atoms with Gasteiger partial charge in [-0.3, -0.25) is 0 Å². The van der Waals surface area contributed by atoms with E-state index in [0.717, 1.165) is 18.5 Å². The summed E-state index contributed by atoms with van der Waals surface area (Å²) in [6, 6.07) is 32.5. The number of hydrogen-bond acceptors (Lipinski definition) is 0. The van der Waals surface area contributed by atoms with Crippen LogP contribution in [0.4, 0.5) is 0 Å². The van der Waals surface area contributed by atoms with E-state index in [9.17, 15) is 0 Å². The third-order valence-corrected chi connectivity index (χ3v) is 8.98. The van der Waals surface area contributed by atoms with Crippen molar-refractivity contribution >= 4 is 21.5 Å². The summed E-state index contributed by atoms with van der Waals surface area (Å²) in [6.45, 7) is 0. The summed E-state index contributed by atoms with van der Waals surface area (Å²) >= 11 is 4.21. The van der Waals surface area contributed by atoms with Gasteiger partial charge in [-0.15, -0.1) is 0 Å². The molecule has 0 aliphatic heterocycles. The maximum absolute atomic E-state index is 4.21. The Kier molecular flexibility index (Phi) is 5.65. The van der Waals surface area contributed by atoms with Crippen molar-refractivity contribution in [3.63, 3.8) is 0 Å². The molecule has 0 fully saturated rings. The topological polar surface area (TPSA) is 0 Å². The van der Waals surface area contributed by atoms with E-state index < -0.39 is 5.96 Å². The zero-order chi connectivity index (χ0) is 16.0. The highest BCUT2D eigenvalue weighted by Crippen LogP contribution is 2.72. The fraction of sp³-hybridized carbons (Fsp3) is 0.143. The zero-order valence-electron chi connectivity index (χ0n) is 13.1. The van der Waals surface area contributed by atoms with Gasteiger partial charge in [0, 0.05) is 0 Å². The maximum atomic E-state index is 4.21. The molecule has 3 aromatic rings. The van der Waals surface area contributed by atoms with Gasteiger partial charge in [0.15, 0.2) is 0 Å². The van der Waals surface area contributed by atoms with Crippen molar-refractivity contribution in [2.45, 2.75) is 18.5 Å². The summed E-state index contributed by atoms with van der Waals surface area (Å²) < 4.78 is 0. The minimum Gasteiger partial charge on any atom is -0.0622 e. The molecule has 0 radical (unpaired) electrons. The average molecular weight is 384 g/mol. The first-order chi connectivity index (χ1) is 11.2. The predicted octanol–water partition coefficient (Wildman–Crippen LogP) is 6.91. The number of rotatable bonds is 6. The Hall–Kier alpha value is -1.43. The second-order valence-corrected chi connectivity index (χ2v) is 13.5. The fourth-order valence-electron chi connectivity index (χ4n) is 2.90. The third kappa shape index (κ3) is 5.03. The SMILES string of the molecule is Br[P+](Cc1ccccc1)(Cc1ccccc1)Cc1ccccc1. The summed E-state index contributed by atoms with van der Waals surface area (Å²) in [5, 5.41) is 0. The van der Waals surface area contributed by atoms with Crippen molar-refractivity contribution in [3.05, 3.63) is 108 Å². The predicted molar refractivity (Wildman–Crippen MR) is 106 cm³/mol. The van der Waals surface area contributed by atoms with Crippen LogP contribution in [-0.4, -0.2) is 0 Å². The molecule has 0 nitrogen and oxygen atoms in total. The molecule has 0 heterocycles. The van der Waals surface area contributed by atoms with Crippen molar-refractivity contribution in [1.29, 1.82) is 0 Å². The molecule has 0 aliphatic carbocycles. The number of halogens is 1. The van der Waals surface area contributed by atoms with Crippen LogP contribution in [-0.2, 0) is 18.5 Å². The Morgan fingerprint density at radius 2 is 0.739 bits per heavy atom. The smallest absolute Gasteiger partial charge is 0.0622 e. The Labute approximate surface area is 147 Å². The van der Waals surface area contributed by atoms with Crippen LogP contribution in [0.2, 0.25) is 0 Å². The van der Waals surface area contributed by atoms with E-state index in [1.807, 2.05) is 0 Å². The van der Waals surface area contributed by atoms with Gasteiger partial charge in [-0.25, -0.2) is 0 Å². The second kappa shape index (κ2) is 7.90. The van der Waals surface area contributed by atoms with Gasteiger partial charge in [0.25, 0.3) is 0 Å². The Morgan fingerprint density at radius 3 is 1.00 bits per heavy atom. The largest absolute Gasteiger partial charge is 0.139 e. The molecule has 0 unspecified atom stereocenters. The van der Waals surface area contributed by atoms with Crippen molar-refractivity contribution < 1.29 is 0 Å². The van der Waals surface area contributed by atoms with Crippen LogP contribution >= 0.6 is 21.5 Å². The third-order valence-electron chi connectivity index (χ3n) is 3.93. The molecule has 116 valence electrons. The van der Waals surface area contributed by atoms with Crippen LogP contribution in [0.3, 0.4) is 0 Å². The standard InChI is InChI=1S/C21H21BrP/c22-23(16-19-10-4-1-5-11-19,17-20-12-6-2-7-13-20)18-21-14-8-3-9-15-21/h1-15H,16-18H2/q+1. The Balaban J connectivity index is 1.85. The van der Waals surface area contributed by atoms with E-state index in [1.54, 1.807) is 0 Å². The summed E-state index contributed by atoms with van der Waals surface area (Å²) in [6.07, 6.45) is 3.37. The first-order valence-electron chi connectivity index (χ1n) is 7.91. The molecule has 0 saturated carbocycles. The van der Waals surface area contributed by atoms with Crippen molar-refractivity contribution in [2.75, 3.05) is 0 Å². The summed E-state index contributed by atoms with van der Waals surface area (Å²) in [7, 11) is 0. The quantitative estimate of drug-likeness (QED) is 0.405. The van der Waals surface area contributed by atoms with E-state index >= 15 is 0 Å². The van der Waals surface area contributed by atoms with Crippen molar-refractivity contribution in [1.82, 2.24) is 0 Å². The highest BCUT2D eigenvalue weighted by Gasteiger charge is 2.36. The highest BCUT2D eigenvalue weighted by atomic mass is 79.9. The zero-order valence-corrected chi connectivity index (χ0v) is 15.6. The molecule has 0 spiro atoms. The molecule has 0 bridgehead atoms. The molecule has 0 aromatic heterocycles. The van der Waals surface area contributed by atoms with Gasteiger partial charge in [-0.1, -0.05) is 91.0 Å². The van der Waals surface area contributed by atoms with Gasteiger partial charge in [-0.05, 0) is 16.7 Å². The van der Waals surface area contributed by atoms with Gasteiger partial charge in [0.2, 0.25) is 0 Å². The molecule has 0 amide bonds. The fourth-order valence-corrected chi connectivity index (χ4v) is 8.44. The minimum absolute atomic E-state index is 1.12. The van der Waals surface area contributed by atoms with E-state index in [0.29, 0.717) is 0 Å². The normalized spacial score (nSPS) is 11.3. The lowest BCUT2D eigenvalue weighted by molar-refractivity contribution is 1.25. The minimum atomic E-state index is -1.32. The average Bonchev–Trinajstić information content (AvgIpc) is 2.57. The first kappa shape index (κ1) is 16.4. The molecule has 3 rings (SSSR count). The monoisotopic (exact) mass is 383 g/mol. The molecular formula is C21H21BrP+. The lowest BCUT2D eigenvalue weighted by Crippen LogP contribution is -1.99. The van der Waals surface area contributed by atoms with Crippen LogP contribution in [0.1, 0.15) is 16.7 Å². The molecular weight excluding hydrogens is 363 g/mol. The van der Waals surface area contributed by atoms with Crippen LogP contribution in [0, 0.1) is 0 Å². The number of benzene rings is 3. The molecule has 0 saturated heterocycles. The van der Waals surface area contributed by atoms with Gasteiger partial charge in [0.05, 0.1) is 24.5 Å². The van der Waals surface area contributed by atoms with Gasteiger partial charge in [-0.2, -0.15) is 0 Å². The number of hydrogen-bond donors (Lipinski definition) is 0. The molecule has 0 aliphatic rings. The lowest BCUT2D eigenvalue weighted by atomic mass is 10.2. The summed E-state index contributed by atoms with van der Waals surface area (Å²) in [5.74, 6) is -1.32. The van der Waals surface area contributed by atoms with Crippen LogP contribution in [0.25, 0.3) is 0 Å². The van der Waals surface area contributed by atoms with E-state index in [4.69, 9.17) is 0 Å². The lowest BCUT2D eigenvalue weighted by Gasteiger charge is -2.21. The highest BCUT2D eigenvalue weighted by molar-refractivity contribution is 9.42. The van der Waals surface area contributed by atoms with E-state index in [1.165, 1.54) is 16.7 Å². The summed E-state index contributed by atoms with van der Waals surface area (Å²) in [4.78, 5) is 0. The van der Waals surface area contributed by atoms with Gasteiger partial charge >= 0.3 is 0 Å². The molecule has 23 heavy (non-hydrogen) atoms. The molecule has 3 aromatic carbocycles.